The molecule has 0 fully saturated rings. The minimum absolute atomic E-state index is 0.360. The van der Waals surface area contributed by atoms with Crippen molar-refractivity contribution in [3.05, 3.63) is 70.3 Å². The Balaban J connectivity index is 2.48. The zero-order chi connectivity index (χ0) is 18.7. The largest absolute Gasteiger partial charge is 0.461 e. The molecular formula is C20H23F2NO2. The monoisotopic (exact) mass is 347 g/mol. The van der Waals surface area contributed by atoms with E-state index in [0.717, 1.165) is 0 Å². The van der Waals surface area contributed by atoms with Gasteiger partial charge in [-0.05, 0) is 62.1 Å². The normalized spacial score (nSPS) is 13.6. The van der Waals surface area contributed by atoms with Crippen LogP contribution in [0.25, 0.3) is 0 Å². The zero-order valence-electron chi connectivity index (χ0n) is 14.8. The molecule has 0 radical (unpaired) electrons. The van der Waals surface area contributed by atoms with Crippen molar-refractivity contribution in [2.24, 2.45) is 5.73 Å². The number of nitrogens with two attached hydrogens (primary N) is 1. The molecule has 134 valence electrons. The van der Waals surface area contributed by atoms with Gasteiger partial charge in [-0.25, -0.2) is 8.78 Å². The van der Waals surface area contributed by atoms with Crippen LogP contribution in [0.4, 0.5) is 8.78 Å². The Morgan fingerprint density at radius 1 is 0.960 bits per heavy atom. The van der Waals surface area contributed by atoms with Crippen molar-refractivity contribution in [1.29, 1.82) is 0 Å². The first-order valence-corrected chi connectivity index (χ1v) is 8.19. The average molecular weight is 347 g/mol. The first kappa shape index (κ1) is 19.1. The third kappa shape index (κ3) is 4.42. The van der Waals surface area contributed by atoms with Crippen LogP contribution in [0.2, 0.25) is 0 Å². The van der Waals surface area contributed by atoms with Gasteiger partial charge in [0.15, 0.2) is 0 Å². The van der Waals surface area contributed by atoms with Crippen molar-refractivity contribution in [2.75, 3.05) is 0 Å². The number of halogens is 2. The molecule has 0 bridgehead atoms. The van der Waals surface area contributed by atoms with E-state index in [1.54, 1.807) is 45.0 Å². The molecule has 0 spiro atoms. The van der Waals surface area contributed by atoms with Gasteiger partial charge < -0.3 is 10.5 Å². The summed E-state index contributed by atoms with van der Waals surface area (Å²) in [7, 11) is 0. The quantitative estimate of drug-likeness (QED) is 0.832. The predicted octanol–water partition coefficient (Wildman–Crippen LogP) is 3.99. The van der Waals surface area contributed by atoms with Crippen LogP contribution in [-0.2, 0) is 9.53 Å². The van der Waals surface area contributed by atoms with E-state index < -0.39 is 24.0 Å². The molecule has 0 aliphatic rings. The Morgan fingerprint density at radius 2 is 1.40 bits per heavy atom. The van der Waals surface area contributed by atoms with Crippen LogP contribution in [0.5, 0.6) is 0 Å². The highest BCUT2D eigenvalue weighted by Gasteiger charge is 2.27. The molecule has 0 aromatic heterocycles. The van der Waals surface area contributed by atoms with Crippen molar-refractivity contribution >= 4 is 5.97 Å². The summed E-state index contributed by atoms with van der Waals surface area (Å²) >= 11 is 0. The van der Waals surface area contributed by atoms with Crippen molar-refractivity contribution < 1.29 is 18.3 Å². The number of hydrogen-bond acceptors (Lipinski definition) is 3. The van der Waals surface area contributed by atoms with Crippen LogP contribution in [0.3, 0.4) is 0 Å². The molecule has 25 heavy (non-hydrogen) atoms. The highest BCUT2D eigenvalue weighted by Crippen LogP contribution is 2.32. The number of benzene rings is 2. The summed E-state index contributed by atoms with van der Waals surface area (Å²) in [5, 5.41) is 0. The van der Waals surface area contributed by atoms with Gasteiger partial charge in [0, 0.05) is 5.92 Å². The fourth-order valence-electron chi connectivity index (χ4n) is 2.70. The molecule has 0 aliphatic carbocycles. The van der Waals surface area contributed by atoms with E-state index >= 15 is 0 Å². The van der Waals surface area contributed by atoms with Gasteiger partial charge in [-0.15, -0.1) is 0 Å². The van der Waals surface area contributed by atoms with Crippen LogP contribution in [0.1, 0.15) is 42.0 Å². The third-order valence-electron chi connectivity index (χ3n) is 4.25. The Bertz CT molecular complexity index is 723. The summed E-state index contributed by atoms with van der Waals surface area (Å²) in [5.41, 5.74) is 7.79. The molecule has 0 saturated carbocycles. The van der Waals surface area contributed by atoms with Crippen LogP contribution >= 0.6 is 0 Å². The molecule has 0 amide bonds. The number of ether oxygens (including phenoxy) is 1. The molecule has 0 saturated heterocycles. The molecule has 0 heterocycles. The summed E-state index contributed by atoms with van der Waals surface area (Å²) < 4.78 is 33.5. The summed E-state index contributed by atoms with van der Waals surface area (Å²) in [6.45, 7) is 6.56. The maximum absolute atomic E-state index is 14.1. The minimum atomic E-state index is -0.771. The second-order valence-corrected chi connectivity index (χ2v) is 6.43. The average Bonchev–Trinajstić information content (AvgIpc) is 2.54. The topological polar surface area (TPSA) is 52.3 Å². The van der Waals surface area contributed by atoms with Gasteiger partial charge in [0.1, 0.15) is 23.8 Å². The van der Waals surface area contributed by atoms with E-state index in [1.165, 1.54) is 19.1 Å². The van der Waals surface area contributed by atoms with Gasteiger partial charge in [0.05, 0.1) is 0 Å². The Labute approximate surface area is 146 Å². The number of rotatable bonds is 5. The van der Waals surface area contributed by atoms with E-state index in [9.17, 15) is 13.6 Å². The second-order valence-electron chi connectivity index (χ2n) is 6.43. The predicted molar refractivity (Wildman–Crippen MR) is 93.3 cm³/mol. The lowest BCUT2D eigenvalue weighted by Gasteiger charge is -2.26. The van der Waals surface area contributed by atoms with Crippen molar-refractivity contribution in [1.82, 2.24) is 0 Å². The molecule has 2 atom stereocenters. The lowest BCUT2D eigenvalue weighted by Crippen LogP contribution is -2.33. The third-order valence-corrected chi connectivity index (χ3v) is 4.25. The molecule has 0 aliphatic heterocycles. The molecule has 2 aromatic rings. The lowest BCUT2D eigenvalue weighted by atomic mass is 9.86. The Kier molecular flexibility index (Phi) is 5.90. The Hall–Kier alpha value is -2.27. The maximum atomic E-state index is 14.1. The van der Waals surface area contributed by atoms with Crippen LogP contribution in [0, 0.1) is 25.5 Å². The summed E-state index contributed by atoms with van der Waals surface area (Å²) in [6.07, 6.45) is -0.636. The molecule has 1 unspecified atom stereocenters. The van der Waals surface area contributed by atoms with Crippen LogP contribution in [0.15, 0.2) is 36.4 Å². The number of carbonyl (C=O) groups is 1. The number of esters is 1. The SMILES string of the molecule is Cc1ccc(C(c2ccc(C)c(F)c2)C(C)OC(=O)[C@H](C)N)cc1F. The molecule has 5 heteroatoms. The van der Waals surface area contributed by atoms with Gasteiger partial charge in [-0.3, -0.25) is 4.79 Å². The zero-order valence-corrected chi connectivity index (χ0v) is 14.8. The second kappa shape index (κ2) is 7.74. The minimum Gasteiger partial charge on any atom is -0.461 e. The van der Waals surface area contributed by atoms with Gasteiger partial charge in [0.25, 0.3) is 0 Å². The summed E-state index contributed by atoms with van der Waals surface area (Å²) in [4.78, 5) is 11.9. The lowest BCUT2D eigenvalue weighted by molar-refractivity contribution is -0.149. The Morgan fingerprint density at radius 3 is 1.76 bits per heavy atom. The maximum Gasteiger partial charge on any atom is 0.322 e. The van der Waals surface area contributed by atoms with E-state index in [0.29, 0.717) is 22.3 Å². The van der Waals surface area contributed by atoms with Gasteiger partial charge in [-0.2, -0.15) is 0 Å². The molecule has 2 N–H and O–H groups in total. The number of carbonyl (C=O) groups excluding carboxylic acids is 1. The highest BCUT2D eigenvalue weighted by atomic mass is 19.1. The summed E-state index contributed by atoms with van der Waals surface area (Å²) in [6, 6.07) is 8.85. The van der Waals surface area contributed by atoms with E-state index in [2.05, 4.69) is 0 Å². The van der Waals surface area contributed by atoms with Gasteiger partial charge >= 0.3 is 5.97 Å². The first-order chi connectivity index (χ1) is 11.7. The fourth-order valence-corrected chi connectivity index (χ4v) is 2.70. The molecule has 2 rings (SSSR count). The standard InChI is InChI=1S/C20H23F2NO2/c1-11-5-7-15(9-17(11)21)19(14(4)25-20(24)13(3)23)16-8-6-12(2)18(22)10-16/h5-10,13-14,19H,23H2,1-4H3/t13-,14?/m0/s1. The van der Waals surface area contributed by atoms with E-state index in [-0.39, 0.29) is 11.6 Å². The van der Waals surface area contributed by atoms with Gasteiger partial charge in [-0.1, -0.05) is 24.3 Å². The van der Waals surface area contributed by atoms with E-state index in [1.807, 2.05) is 0 Å². The molecular weight excluding hydrogens is 324 g/mol. The number of aryl methyl sites for hydroxylation is 2. The van der Waals surface area contributed by atoms with Crippen LogP contribution < -0.4 is 5.73 Å². The fraction of sp³-hybridized carbons (Fsp3) is 0.350. The molecule has 3 nitrogen and oxygen atoms in total. The first-order valence-electron chi connectivity index (χ1n) is 8.19. The highest BCUT2D eigenvalue weighted by molar-refractivity contribution is 5.75. The van der Waals surface area contributed by atoms with Crippen molar-refractivity contribution in [2.45, 2.75) is 45.8 Å². The van der Waals surface area contributed by atoms with Gasteiger partial charge in [0.2, 0.25) is 0 Å². The van der Waals surface area contributed by atoms with E-state index in [4.69, 9.17) is 10.5 Å². The van der Waals surface area contributed by atoms with Crippen molar-refractivity contribution in [3.63, 3.8) is 0 Å². The summed E-state index contributed by atoms with van der Waals surface area (Å²) in [5.74, 6) is -1.79. The van der Waals surface area contributed by atoms with Crippen molar-refractivity contribution in [3.8, 4) is 0 Å². The number of hydrogen-bond donors (Lipinski definition) is 1. The molecule has 2 aromatic carbocycles. The smallest absolute Gasteiger partial charge is 0.322 e. The van der Waals surface area contributed by atoms with Crippen LogP contribution in [-0.4, -0.2) is 18.1 Å².